The summed E-state index contributed by atoms with van der Waals surface area (Å²) in [6.45, 7) is 4.13. The monoisotopic (exact) mass is 280 g/mol. The molecule has 2 bridgehead atoms. The normalized spacial score (nSPS) is 28.7. The molecule has 3 rings (SSSR count). The van der Waals surface area contributed by atoms with Gasteiger partial charge < -0.3 is 5.73 Å². The summed E-state index contributed by atoms with van der Waals surface area (Å²) < 4.78 is 0. The van der Waals surface area contributed by atoms with E-state index in [0.29, 0.717) is 6.54 Å². The summed E-state index contributed by atoms with van der Waals surface area (Å²) in [7, 11) is 2.30. The van der Waals surface area contributed by atoms with Crippen molar-refractivity contribution in [3.63, 3.8) is 0 Å². The van der Waals surface area contributed by atoms with Crippen LogP contribution in [0.25, 0.3) is 0 Å². The minimum Gasteiger partial charge on any atom is -0.330 e. The maximum atomic E-state index is 5.58. The van der Waals surface area contributed by atoms with Crippen LogP contribution >= 0.6 is 11.3 Å². The molecular formula is C14H24N4S. The first-order chi connectivity index (χ1) is 9.26. The van der Waals surface area contributed by atoms with Crippen LogP contribution in [0.1, 0.15) is 30.0 Å². The molecule has 1 aromatic rings. The number of thiazole rings is 1. The molecule has 2 saturated heterocycles. The molecule has 5 heteroatoms. The van der Waals surface area contributed by atoms with Crippen LogP contribution in [0.3, 0.4) is 0 Å². The Morgan fingerprint density at radius 3 is 3.05 bits per heavy atom. The topological polar surface area (TPSA) is 45.4 Å². The summed E-state index contributed by atoms with van der Waals surface area (Å²) >= 11 is 1.76. The van der Waals surface area contributed by atoms with E-state index in [-0.39, 0.29) is 0 Å². The quantitative estimate of drug-likeness (QED) is 0.903. The Hall–Kier alpha value is -0.490. The van der Waals surface area contributed by atoms with Crippen LogP contribution in [0.2, 0.25) is 0 Å². The van der Waals surface area contributed by atoms with Crippen LogP contribution in [-0.2, 0) is 13.0 Å². The third-order valence-corrected chi connectivity index (χ3v) is 5.53. The highest BCUT2D eigenvalue weighted by molar-refractivity contribution is 7.09. The number of fused-ring (bicyclic) bond motifs is 2. The second-order valence-corrected chi connectivity index (χ2v) is 6.79. The van der Waals surface area contributed by atoms with Gasteiger partial charge in [0, 0.05) is 43.5 Å². The van der Waals surface area contributed by atoms with Gasteiger partial charge in [0.05, 0.1) is 10.7 Å². The fraction of sp³-hybridized carbons (Fsp3) is 0.786. The third kappa shape index (κ3) is 2.99. The molecule has 3 heterocycles. The van der Waals surface area contributed by atoms with E-state index in [2.05, 4.69) is 27.2 Å². The molecular weight excluding hydrogens is 256 g/mol. The Labute approximate surface area is 119 Å². The zero-order valence-corrected chi connectivity index (χ0v) is 12.5. The largest absolute Gasteiger partial charge is 0.330 e. The highest BCUT2D eigenvalue weighted by Gasteiger charge is 2.34. The fourth-order valence-electron chi connectivity index (χ4n) is 3.41. The van der Waals surface area contributed by atoms with E-state index < -0.39 is 0 Å². The lowest BCUT2D eigenvalue weighted by molar-refractivity contribution is 0.213. The Kier molecular flexibility index (Phi) is 4.17. The molecule has 1 aromatic heterocycles. The molecule has 2 N–H and O–H groups in total. The molecule has 2 fully saturated rings. The minimum atomic E-state index is 0.700. The molecule has 0 amide bonds. The first kappa shape index (κ1) is 13.5. The maximum Gasteiger partial charge on any atom is 0.0941 e. The van der Waals surface area contributed by atoms with E-state index in [9.17, 15) is 0 Å². The molecule has 0 radical (unpaired) electrons. The van der Waals surface area contributed by atoms with Crippen LogP contribution in [0.5, 0.6) is 0 Å². The molecule has 4 nitrogen and oxygen atoms in total. The lowest BCUT2D eigenvalue weighted by Gasteiger charge is -2.25. The number of aromatic nitrogens is 1. The van der Waals surface area contributed by atoms with Crippen LogP contribution in [0.4, 0.5) is 0 Å². The molecule has 2 atom stereocenters. The number of likely N-dealkylation sites (N-methyl/N-ethyl adjacent to an activating group) is 1. The highest BCUT2D eigenvalue weighted by atomic mass is 32.1. The second kappa shape index (κ2) is 5.87. The van der Waals surface area contributed by atoms with Crippen molar-refractivity contribution in [3.05, 3.63) is 16.1 Å². The average Bonchev–Trinajstić information content (AvgIpc) is 2.90. The number of hydrogen-bond donors (Lipinski definition) is 1. The predicted molar refractivity (Wildman–Crippen MR) is 79.3 cm³/mol. The van der Waals surface area contributed by atoms with E-state index in [4.69, 9.17) is 5.73 Å². The highest BCUT2D eigenvalue weighted by Crippen LogP contribution is 2.29. The first-order valence-corrected chi connectivity index (χ1v) is 8.22. The van der Waals surface area contributed by atoms with Gasteiger partial charge in [-0.2, -0.15) is 0 Å². The van der Waals surface area contributed by atoms with Crippen LogP contribution in [0.15, 0.2) is 5.38 Å². The summed E-state index contributed by atoms with van der Waals surface area (Å²) in [4.78, 5) is 9.87. The van der Waals surface area contributed by atoms with Crippen molar-refractivity contribution in [3.8, 4) is 0 Å². The molecule has 0 spiro atoms. The van der Waals surface area contributed by atoms with Gasteiger partial charge in [0.15, 0.2) is 0 Å². The van der Waals surface area contributed by atoms with Crippen molar-refractivity contribution in [1.82, 2.24) is 14.8 Å². The minimum absolute atomic E-state index is 0.700. The van der Waals surface area contributed by atoms with Gasteiger partial charge in [-0.25, -0.2) is 4.98 Å². The lowest BCUT2D eigenvalue weighted by atomic mass is 10.1. The van der Waals surface area contributed by atoms with E-state index in [1.165, 1.54) is 43.1 Å². The van der Waals surface area contributed by atoms with Crippen molar-refractivity contribution in [2.75, 3.05) is 26.7 Å². The maximum absolute atomic E-state index is 5.58. The smallest absolute Gasteiger partial charge is 0.0941 e. The van der Waals surface area contributed by atoms with Gasteiger partial charge in [0.1, 0.15) is 0 Å². The summed E-state index contributed by atoms with van der Waals surface area (Å²) in [6.07, 6.45) is 4.99. The number of hydrogen-bond acceptors (Lipinski definition) is 5. The van der Waals surface area contributed by atoms with Crippen LogP contribution in [-0.4, -0.2) is 53.5 Å². The van der Waals surface area contributed by atoms with Gasteiger partial charge in [-0.15, -0.1) is 11.3 Å². The zero-order valence-electron chi connectivity index (χ0n) is 11.7. The second-order valence-electron chi connectivity index (χ2n) is 5.85. The molecule has 2 unspecified atom stereocenters. The summed E-state index contributed by atoms with van der Waals surface area (Å²) in [5.74, 6) is 0. The van der Waals surface area contributed by atoms with Gasteiger partial charge in [0.2, 0.25) is 0 Å². The summed E-state index contributed by atoms with van der Waals surface area (Å²) in [5.41, 5.74) is 6.81. The number of nitrogens with zero attached hydrogens (tertiary/aromatic N) is 3. The third-order valence-electron chi connectivity index (χ3n) is 4.58. The van der Waals surface area contributed by atoms with Gasteiger partial charge in [-0.3, -0.25) is 9.80 Å². The first-order valence-electron chi connectivity index (χ1n) is 7.34. The van der Waals surface area contributed by atoms with E-state index in [1.54, 1.807) is 11.3 Å². The van der Waals surface area contributed by atoms with Gasteiger partial charge >= 0.3 is 0 Å². The molecule has 2 aliphatic heterocycles. The van der Waals surface area contributed by atoms with E-state index in [1.807, 2.05) is 0 Å². The lowest BCUT2D eigenvalue weighted by Crippen LogP contribution is -2.36. The van der Waals surface area contributed by atoms with Crippen molar-refractivity contribution >= 4 is 11.3 Å². The molecule has 0 saturated carbocycles. The zero-order chi connectivity index (χ0) is 13.2. The molecule has 0 aromatic carbocycles. The number of rotatable bonds is 4. The average molecular weight is 280 g/mol. The van der Waals surface area contributed by atoms with Crippen LogP contribution < -0.4 is 5.73 Å². The fourth-order valence-corrected chi connectivity index (χ4v) is 4.22. The van der Waals surface area contributed by atoms with Crippen molar-refractivity contribution in [1.29, 1.82) is 0 Å². The standard InChI is InChI=1S/C14H24N4S/c1-17-12-2-3-13(17)9-18(7-5-12)8-11-10-19-14(16-11)4-6-15/h10,12-13H,2-9,15H2,1H3. The van der Waals surface area contributed by atoms with Crippen LogP contribution in [0, 0.1) is 0 Å². The summed E-state index contributed by atoms with van der Waals surface area (Å²) in [6, 6.07) is 1.58. The Morgan fingerprint density at radius 1 is 1.37 bits per heavy atom. The Bertz CT molecular complexity index is 419. The van der Waals surface area contributed by atoms with Gasteiger partial charge in [-0.05, 0) is 32.9 Å². The van der Waals surface area contributed by atoms with Gasteiger partial charge in [0.25, 0.3) is 0 Å². The number of likely N-dealkylation sites (tertiary alicyclic amines) is 1. The predicted octanol–water partition coefficient (Wildman–Crippen LogP) is 1.31. The SMILES string of the molecule is CN1C2CCC1CN(Cc1csc(CCN)n1)CC2. The molecule has 106 valence electrons. The van der Waals surface area contributed by atoms with Gasteiger partial charge in [-0.1, -0.05) is 0 Å². The van der Waals surface area contributed by atoms with Crippen molar-refractivity contribution in [2.45, 2.75) is 44.3 Å². The Morgan fingerprint density at radius 2 is 2.21 bits per heavy atom. The summed E-state index contributed by atoms with van der Waals surface area (Å²) in [5, 5.41) is 3.39. The molecule has 2 aliphatic rings. The molecule has 0 aliphatic carbocycles. The van der Waals surface area contributed by atoms with E-state index >= 15 is 0 Å². The Balaban J connectivity index is 1.60. The van der Waals surface area contributed by atoms with Crippen molar-refractivity contribution < 1.29 is 0 Å². The number of nitrogens with two attached hydrogens (primary N) is 1. The molecule has 19 heavy (non-hydrogen) atoms. The van der Waals surface area contributed by atoms with Crippen molar-refractivity contribution in [2.24, 2.45) is 5.73 Å². The van der Waals surface area contributed by atoms with E-state index in [0.717, 1.165) is 25.0 Å².